The summed E-state index contributed by atoms with van der Waals surface area (Å²) in [5, 5.41) is 13.0. The molecular formula is C21H25N3O3. The highest BCUT2D eigenvalue weighted by atomic mass is 16.3. The number of likely N-dealkylation sites (tertiary alicyclic amines) is 1. The van der Waals surface area contributed by atoms with E-state index in [-0.39, 0.29) is 37.9 Å². The van der Waals surface area contributed by atoms with Crippen LogP contribution in [0.25, 0.3) is 0 Å². The van der Waals surface area contributed by atoms with E-state index >= 15 is 0 Å². The maximum Gasteiger partial charge on any atom is 0.251 e. The Labute approximate surface area is 159 Å². The number of β-amino-alcohol motifs (C(OH)–C–C–N with tert-alkyl or cyclic N) is 1. The Bertz CT molecular complexity index is 799. The van der Waals surface area contributed by atoms with Crippen molar-refractivity contribution in [2.45, 2.75) is 25.0 Å². The highest BCUT2D eigenvalue weighted by Gasteiger charge is 2.42. The minimum Gasteiger partial charge on any atom is -0.385 e. The second-order valence-electron chi connectivity index (χ2n) is 7.19. The first-order valence-electron chi connectivity index (χ1n) is 9.03. The SMILES string of the molecule is Cc1ccc(C(=O)NC(CC(=O)N2CC(O)(CN)C2)c2ccccc2)cc1. The number of carbonyl (C=O) groups excluding carboxylic acids is 2. The van der Waals surface area contributed by atoms with E-state index in [0.29, 0.717) is 5.56 Å². The first-order chi connectivity index (χ1) is 12.9. The Hall–Kier alpha value is -2.70. The zero-order valence-corrected chi connectivity index (χ0v) is 15.4. The minimum atomic E-state index is -0.983. The van der Waals surface area contributed by atoms with Gasteiger partial charge in [-0.1, -0.05) is 48.0 Å². The molecule has 0 aromatic heterocycles. The van der Waals surface area contributed by atoms with Crippen molar-refractivity contribution in [3.8, 4) is 0 Å². The van der Waals surface area contributed by atoms with E-state index in [1.54, 1.807) is 17.0 Å². The van der Waals surface area contributed by atoms with Crippen LogP contribution in [0, 0.1) is 6.92 Å². The first-order valence-corrected chi connectivity index (χ1v) is 9.03. The summed E-state index contributed by atoms with van der Waals surface area (Å²) in [6.45, 7) is 2.55. The minimum absolute atomic E-state index is 0.119. The lowest BCUT2D eigenvalue weighted by atomic mass is 9.93. The van der Waals surface area contributed by atoms with Gasteiger partial charge in [0.25, 0.3) is 5.91 Å². The molecule has 3 rings (SSSR count). The van der Waals surface area contributed by atoms with Crippen molar-refractivity contribution in [3.63, 3.8) is 0 Å². The summed E-state index contributed by atoms with van der Waals surface area (Å²) >= 11 is 0. The molecule has 1 aliphatic heterocycles. The zero-order valence-electron chi connectivity index (χ0n) is 15.4. The van der Waals surface area contributed by atoms with Gasteiger partial charge in [0.1, 0.15) is 5.60 Å². The largest absolute Gasteiger partial charge is 0.385 e. The summed E-state index contributed by atoms with van der Waals surface area (Å²) in [4.78, 5) is 26.8. The number of hydrogen-bond acceptors (Lipinski definition) is 4. The molecule has 0 radical (unpaired) electrons. The van der Waals surface area contributed by atoms with Crippen molar-refractivity contribution < 1.29 is 14.7 Å². The summed E-state index contributed by atoms with van der Waals surface area (Å²) < 4.78 is 0. The molecule has 0 aliphatic carbocycles. The Morgan fingerprint density at radius 2 is 1.78 bits per heavy atom. The maximum atomic E-state index is 12.6. The highest BCUT2D eigenvalue weighted by Crippen LogP contribution is 2.24. The summed E-state index contributed by atoms with van der Waals surface area (Å²) in [6, 6.07) is 16.3. The smallest absolute Gasteiger partial charge is 0.251 e. The second kappa shape index (κ2) is 7.90. The van der Waals surface area contributed by atoms with Gasteiger partial charge in [0.2, 0.25) is 5.91 Å². The Balaban J connectivity index is 1.71. The standard InChI is InChI=1S/C21H25N3O3/c1-15-7-9-17(10-8-15)20(26)23-18(16-5-3-2-4-6-16)11-19(25)24-13-21(27,12-22)14-24/h2-10,18,27H,11-14,22H2,1H3,(H,23,26). The molecule has 1 fully saturated rings. The average Bonchev–Trinajstić information content (AvgIpc) is 2.66. The highest BCUT2D eigenvalue weighted by molar-refractivity contribution is 5.94. The van der Waals surface area contributed by atoms with E-state index in [9.17, 15) is 14.7 Å². The number of nitrogens with one attached hydrogen (secondary N) is 1. The lowest BCUT2D eigenvalue weighted by Crippen LogP contribution is -2.66. The van der Waals surface area contributed by atoms with Gasteiger partial charge in [-0.05, 0) is 24.6 Å². The van der Waals surface area contributed by atoms with Crippen LogP contribution in [0.2, 0.25) is 0 Å². The number of nitrogens with zero attached hydrogens (tertiary/aromatic N) is 1. The Morgan fingerprint density at radius 1 is 1.15 bits per heavy atom. The molecule has 2 amide bonds. The van der Waals surface area contributed by atoms with Gasteiger partial charge in [-0.2, -0.15) is 0 Å². The van der Waals surface area contributed by atoms with E-state index in [1.807, 2.05) is 49.4 Å². The number of aliphatic hydroxyl groups is 1. The van der Waals surface area contributed by atoms with Gasteiger partial charge in [0.15, 0.2) is 0 Å². The predicted molar refractivity (Wildman–Crippen MR) is 103 cm³/mol. The van der Waals surface area contributed by atoms with Gasteiger partial charge in [-0.25, -0.2) is 0 Å². The van der Waals surface area contributed by atoms with Crippen LogP contribution < -0.4 is 11.1 Å². The van der Waals surface area contributed by atoms with Crippen LogP contribution in [0.4, 0.5) is 0 Å². The lowest BCUT2D eigenvalue weighted by molar-refractivity contribution is -0.154. The van der Waals surface area contributed by atoms with E-state index in [0.717, 1.165) is 11.1 Å². The topological polar surface area (TPSA) is 95.7 Å². The van der Waals surface area contributed by atoms with Crippen LogP contribution in [0.1, 0.15) is 33.9 Å². The van der Waals surface area contributed by atoms with Crippen molar-refractivity contribution in [2.75, 3.05) is 19.6 Å². The average molecular weight is 367 g/mol. The van der Waals surface area contributed by atoms with Gasteiger partial charge in [0.05, 0.1) is 25.6 Å². The maximum absolute atomic E-state index is 12.6. The third-order valence-corrected chi connectivity index (χ3v) is 4.90. The van der Waals surface area contributed by atoms with Gasteiger partial charge in [-0.3, -0.25) is 9.59 Å². The van der Waals surface area contributed by atoms with Crippen LogP contribution in [-0.4, -0.2) is 47.1 Å². The molecule has 0 bridgehead atoms. The monoisotopic (exact) mass is 367 g/mol. The Morgan fingerprint density at radius 3 is 2.37 bits per heavy atom. The third-order valence-electron chi connectivity index (χ3n) is 4.90. The molecule has 1 heterocycles. The molecule has 6 heteroatoms. The normalized spacial score (nSPS) is 16.3. The van der Waals surface area contributed by atoms with Crippen molar-refractivity contribution in [1.82, 2.24) is 10.2 Å². The van der Waals surface area contributed by atoms with Crippen LogP contribution in [0.3, 0.4) is 0 Å². The fourth-order valence-electron chi connectivity index (χ4n) is 3.16. The number of rotatable bonds is 6. The van der Waals surface area contributed by atoms with Gasteiger partial charge in [0, 0.05) is 12.1 Å². The first kappa shape index (κ1) is 19.1. The molecule has 1 atom stereocenters. The van der Waals surface area contributed by atoms with Gasteiger partial charge in [-0.15, -0.1) is 0 Å². The van der Waals surface area contributed by atoms with E-state index in [2.05, 4.69) is 5.32 Å². The number of benzene rings is 2. The van der Waals surface area contributed by atoms with Crippen molar-refractivity contribution in [3.05, 3.63) is 71.3 Å². The van der Waals surface area contributed by atoms with Crippen LogP contribution in [0.15, 0.2) is 54.6 Å². The van der Waals surface area contributed by atoms with Crippen LogP contribution >= 0.6 is 0 Å². The quantitative estimate of drug-likeness (QED) is 0.719. The van der Waals surface area contributed by atoms with Gasteiger partial charge >= 0.3 is 0 Å². The molecule has 142 valence electrons. The summed E-state index contributed by atoms with van der Waals surface area (Å²) in [7, 11) is 0. The summed E-state index contributed by atoms with van der Waals surface area (Å²) in [5.41, 5.74) is 7.02. The van der Waals surface area contributed by atoms with E-state index < -0.39 is 11.6 Å². The van der Waals surface area contributed by atoms with Crippen molar-refractivity contribution >= 4 is 11.8 Å². The second-order valence-corrected chi connectivity index (χ2v) is 7.19. The van der Waals surface area contributed by atoms with E-state index in [4.69, 9.17) is 5.73 Å². The fraction of sp³-hybridized carbons (Fsp3) is 0.333. The zero-order chi connectivity index (χ0) is 19.4. The van der Waals surface area contributed by atoms with Crippen molar-refractivity contribution in [2.24, 2.45) is 5.73 Å². The molecule has 0 spiro atoms. The molecule has 6 nitrogen and oxygen atoms in total. The van der Waals surface area contributed by atoms with E-state index in [1.165, 1.54) is 0 Å². The Kier molecular flexibility index (Phi) is 5.58. The number of amides is 2. The molecule has 1 saturated heterocycles. The number of nitrogens with two attached hydrogens (primary N) is 1. The molecule has 1 unspecified atom stereocenters. The lowest BCUT2D eigenvalue weighted by Gasteiger charge is -2.46. The number of carbonyl (C=O) groups is 2. The van der Waals surface area contributed by atoms with Gasteiger partial charge < -0.3 is 21.1 Å². The molecule has 2 aromatic carbocycles. The van der Waals surface area contributed by atoms with Crippen LogP contribution in [-0.2, 0) is 4.79 Å². The molecule has 1 aliphatic rings. The van der Waals surface area contributed by atoms with Crippen LogP contribution in [0.5, 0.6) is 0 Å². The summed E-state index contributed by atoms with van der Waals surface area (Å²) in [6.07, 6.45) is 0.127. The van der Waals surface area contributed by atoms with Crippen molar-refractivity contribution in [1.29, 1.82) is 0 Å². The molecule has 27 heavy (non-hydrogen) atoms. The molecular weight excluding hydrogens is 342 g/mol. The predicted octanol–water partition coefficient (Wildman–Crippen LogP) is 1.39. The number of aryl methyl sites for hydroxylation is 1. The molecule has 4 N–H and O–H groups in total. The molecule has 2 aromatic rings. The number of hydrogen-bond donors (Lipinski definition) is 3. The molecule has 0 saturated carbocycles. The fourth-order valence-corrected chi connectivity index (χ4v) is 3.16. The third kappa shape index (κ3) is 4.53. The summed E-state index contributed by atoms with van der Waals surface area (Å²) in [5.74, 6) is -0.343.